The first-order valence-electron chi connectivity index (χ1n) is 5.11. The molecule has 1 rings (SSSR count). The van der Waals surface area contributed by atoms with Crippen LogP contribution in [0.15, 0.2) is 11.4 Å². The summed E-state index contributed by atoms with van der Waals surface area (Å²) in [6.45, 7) is 1.20. The van der Waals surface area contributed by atoms with Crippen molar-refractivity contribution in [3.8, 4) is 0 Å². The second kappa shape index (κ2) is 6.18. The summed E-state index contributed by atoms with van der Waals surface area (Å²) < 4.78 is 1.43. The van der Waals surface area contributed by atoms with E-state index in [4.69, 9.17) is 5.11 Å². The summed E-state index contributed by atoms with van der Waals surface area (Å²) in [4.78, 5) is 35.5. The number of thioether (sulfide) groups is 1. The van der Waals surface area contributed by atoms with E-state index in [1.807, 2.05) is 0 Å². The lowest BCUT2D eigenvalue weighted by molar-refractivity contribution is -0.392. The van der Waals surface area contributed by atoms with Crippen molar-refractivity contribution < 1.29 is 19.6 Å². The van der Waals surface area contributed by atoms with Crippen molar-refractivity contribution in [2.45, 2.75) is 18.0 Å². The SMILES string of the molecule is CC(=O)N[C@@H](CSc1c([N+](=O)[O-])ncn1C)C(=O)O. The molecule has 10 heteroatoms. The molecule has 2 N–H and O–H groups in total. The van der Waals surface area contributed by atoms with Crippen molar-refractivity contribution in [3.63, 3.8) is 0 Å². The fourth-order valence-corrected chi connectivity index (χ4v) is 2.34. The van der Waals surface area contributed by atoms with Crippen LogP contribution in [0, 0.1) is 10.1 Å². The van der Waals surface area contributed by atoms with E-state index >= 15 is 0 Å². The van der Waals surface area contributed by atoms with Gasteiger partial charge in [-0.25, -0.2) is 4.79 Å². The highest BCUT2D eigenvalue weighted by Crippen LogP contribution is 2.27. The van der Waals surface area contributed by atoms with Gasteiger partial charge in [-0.1, -0.05) is 11.8 Å². The van der Waals surface area contributed by atoms with Crippen LogP contribution < -0.4 is 5.32 Å². The van der Waals surface area contributed by atoms with Crippen LogP contribution in [0.2, 0.25) is 0 Å². The van der Waals surface area contributed by atoms with Gasteiger partial charge in [-0.15, -0.1) is 0 Å². The second-order valence-corrected chi connectivity index (χ2v) is 4.65. The summed E-state index contributed by atoms with van der Waals surface area (Å²) in [5, 5.41) is 22.1. The monoisotopic (exact) mass is 288 g/mol. The van der Waals surface area contributed by atoms with Gasteiger partial charge in [-0.2, -0.15) is 0 Å². The Kier molecular flexibility index (Phi) is 4.87. The van der Waals surface area contributed by atoms with E-state index in [9.17, 15) is 19.7 Å². The Hall–Kier alpha value is -2.10. The molecule has 1 amide bonds. The van der Waals surface area contributed by atoms with Crippen molar-refractivity contribution in [2.24, 2.45) is 7.05 Å². The van der Waals surface area contributed by atoms with Gasteiger partial charge in [-0.3, -0.25) is 4.79 Å². The smallest absolute Gasteiger partial charge is 0.395 e. The number of nitro groups is 1. The minimum atomic E-state index is -1.20. The molecule has 0 saturated heterocycles. The average Bonchev–Trinajstić information content (AvgIpc) is 2.65. The molecule has 1 aromatic rings. The number of carbonyl (C=O) groups is 2. The van der Waals surface area contributed by atoms with Crippen molar-refractivity contribution in [2.75, 3.05) is 5.75 Å². The largest absolute Gasteiger partial charge is 0.480 e. The van der Waals surface area contributed by atoms with Crippen LogP contribution in [-0.2, 0) is 16.6 Å². The Balaban J connectivity index is 2.79. The lowest BCUT2D eigenvalue weighted by atomic mass is 10.3. The predicted molar refractivity (Wildman–Crippen MR) is 65.8 cm³/mol. The number of aliphatic carboxylic acids is 1. The quantitative estimate of drug-likeness (QED) is 0.428. The number of aryl methyl sites for hydroxylation is 1. The lowest BCUT2D eigenvalue weighted by Crippen LogP contribution is -2.41. The minimum absolute atomic E-state index is 0.0325. The maximum atomic E-state index is 10.9. The normalized spacial score (nSPS) is 11.9. The summed E-state index contributed by atoms with van der Waals surface area (Å²) >= 11 is 0.950. The summed E-state index contributed by atoms with van der Waals surface area (Å²) in [6, 6.07) is -1.11. The van der Waals surface area contributed by atoms with Crippen molar-refractivity contribution >= 4 is 29.5 Å². The topological polar surface area (TPSA) is 127 Å². The van der Waals surface area contributed by atoms with Crippen LogP contribution in [0.4, 0.5) is 5.82 Å². The van der Waals surface area contributed by atoms with E-state index in [2.05, 4.69) is 10.3 Å². The van der Waals surface area contributed by atoms with E-state index in [0.29, 0.717) is 0 Å². The highest BCUT2D eigenvalue weighted by atomic mass is 32.2. The van der Waals surface area contributed by atoms with Crippen LogP contribution >= 0.6 is 11.8 Å². The van der Waals surface area contributed by atoms with Gasteiger partial charge in [0.25, 0.3) is 0 Å². The molecule has 0 aliphatic heterocycles. The van der Waals surface area contributed by atoms with Gasteiger partial charge in [-0.05, 0) is 9.91 Å². The van der Waals surface area contributed by atoms with E-state index in [0.717, 1.165) is 11.8 Å². The number of nitrogens with zero attached hydrogens (tertiary/aromatic N) is 3. The number of imidazole rings is 1. The molecule has 9 nitrogen and oxygen atoms in total. The molecule has 0 aliphatic rings. The first-order chi connectivity index (χ1) is 8.82. The van der Waals surface area contributed by atoms with Crippen LogP contribution in [0.1, 0.15) is 6.92 Å². The minimum Gasteiger partial charge on any atom is -0.480 e. The van der Waals surface area contributed by atoms with Crippen LogP contribution in [0.3, 0.4) is 0 Å². The number of hydrogen-bond acceptors (Lipinski definition) is 6. The fraction of sp³-hybridized carbons (Fsp3) is 0.444. The highest BCUT2D eigenvalue weighted by molar-refractivity contribution is 7.99. The number of amides is 1. The number of hydrogen-bond donors (Lipinski definition) is 2. The average molecular weight is 288 g/mol. The van der Waals surface area contributed by atoms with Gasteiger partial charge >= 0.3 is 11.8 Å². The third-order valence-electron chi connectivity index (χ3n) is 2.10. The molecule has 1 heterocycles. The van der Waals surface area contributed by atoms with Gasteiger partial charge in [0.2, 0.25) is 12.2 Å². The fourth-order valence-electron chi connectivity index (χ4n) is 1.28. The second-order valence-electron chi connectivity index (χ2n) is 3.64. The Bertz CT molecular complexity index is 515. The molecule has 0 saturated carbocycles. The van der Waals surface area contributed by atoms with Gasteiger partial charge in [0.1, 0.15) is 6.04 Å². The third-order valence-corrected chi connectivity index (χ3v) is 3.34. The molecule has 0 bridgehead atoms. The predicted octanol–water partition coefficient (Wildman–Crippen LogP) is 0.00970. The molecule has 0 aliphatic carbocycles. The molecule has 1 aromatic heterocycles. The number of carbonyl (C=O) groups excluding carboxylic acids is 1. The van der Waals surface area contributed by atoms with E-state index in [1.54, 1.807) is 7.05 Å². The Morgan fingerprint density at radius 1 is 1.68 bits per heavy atom. The van der Waals surface area contributed by atoms with E-state index in [-0.39, 0.29) is 16.6 Å². The molecule has 19 heavy (non-hydrogen) atoms. The van der Waals surface area contributed by atoms with Gasteiger partial charge in [0.15, 0.2) is 5.03 Å². The van der Waals surface area contributed by atoms with Gasteiger partial charge in [0, 0.05) is 19.7 Å². The Labute approximate surface area is 112 Å². The molecule has 0 aromatic carbocycles. The van der Waals surface area contributed by atoms with Crippen molar-refractivity contribution in [3.05, 3.63) is 16.4 Å². The molecule has 0 unspecified atom stereocenters. The lowest BCUT2D eigenvalue weighted by Gasteiger charge is -2.12. The molecular formula is C9H12N4O5S. The Morgan fingerprint density at radius 2 is 2.32 bits per heavy atom. The van der Waals surface area contributed by atoms with Crippen molar-refractivity contribution in [1.82, 2.24) is 14.9 Å². The van der Waals surface area contributed by atoms with Crippen LogP contribution in [-0.4, -0.2) is 43.3 Å². The summed E-state index contributed by atoms with van der Waals surface area (Å²) in [5.74, 6) is -2.05. The number of carboxylic acids is 1. The number of carboxylic acid groups (broad SMARTS) is 1. The standard InChI is InChI=1S/C9H12N4O5S/c1-5(14)11-6(9(15)16)3-19-8-7(13(17)18)10-4-12(8)2/h4,6H,3H2,1-2H3,(H,11,14)(H,15,16)/t6-/m0/s1. The van der Waals surface area contributed by atoms with E-state index < -0.39 is 22.8 Å². The zero-order valence-electron chi connectivity index (χ0n) is 10.2. The van der Waals surface area contributed by atoms with Gasteiger partial charge < -0.3 is 25.1 Å². The molecular weight excluding hydrogens is 276 g/mol. The maximum absolute atomic E-state index is 10.9. The van der Waals surface area contributed by atoms with Gasteiger partial charge in [0.05, 0.1) is 0 Å². The zero-order valence-corrected chi connectivity index (χ0v) is 11.0. The summed E-state index contributed by atoms with van der Waals surface area (Å²) in [7, 11) is 1.57. The number of nitrogens with one attached hydrogen (secondary N) is 1. The van der Waals surface area contributed by atoms with Crippen LogP contribution in [0.5, 0.6) is 0 Å². The molecule has 104 valence electrons. The molecule has 0 radical (unpaired) electrons. The highest BCUT2D eigenvalue weighted by Gasteiger charge is 2.24. The summed E-state index contributed by atoms with van der Waals surface area (Å²) in [5.41, 5.74) is 0. The molecule has 1 atom stereocenters. The molecule has 0 spiro atoms. The third kappa shape index (κ3) is 3.95. The summed E-state index contributed by atoms with van der Waals surface area (Å²) in [6.07, 6.45) is 1.27. The maximum Gasteiger partial charge on any atom is 0.395 e. The Morgan fingerprint density at radius 3 is 2.79 bits per heavy atom. The zero-order chi connectivity index (χ0) is 14.6. The van der Waals surface area contributed by atoms with Crippen LogP contribution in [0.25, 0.3) is 0 Å². The number of rotatable bonds is 6. The number of aromatic nitrogens is 2. The first kappa shape index (κ1) is 15.0. The van der Waals surface area contributed by atoms with E-state index in [1.165, 1.54) is 17.8 Å². The molecule has 0 fully saturated rings. The first-order valence-corrected chi connectivity index (χ1v) is 6.10. The van der Waals surface area contributed by atoms with Crippen molar-refractivity contribution in [1.29, 1.82) is 0 Å².